The fourth-order valence-electron chi connectivity index (χ4n) is 2.23. The van der Waals surface area contributed by atoms with Crippen molar-refractivity contribution in [2.75, 3.05) is 18.0 Å². The molecule has 1 saturated carbocycles. The van der Waals surface area contributed by atoms with Gasteiger partial charge in [-0.3, -0.25) is 0 Å². The fourth-order valence-corrected chi connectivity index (χ4v) is 2.23. The summed E-state index contributed by atoms with van der Waals surface area (Å²) in [6.07, 6.45) is 2.04. The van der Waals surface area contributed by atoms with Crippen LogP contribution in [-0.4, -0.2) is 18.6 Å². The van der Waals surface area contributed by atoms with Crippen LogP contribution in [0.2, 0.25) is 0 Å². The lowest BCUT2D eigenvalue weighted by Crippen LogP contribution is -2.51. The second kappa shape index (κ2) is 4.95. The maximum atomic E-state index is 13.2. The van der Waals surface area contributed by atoms with Gasteiger partial charge in [-0.05, 0) is 43.9 Å². The number of hydrogen-bond donors (Lipinski definition) is 1. The molecule has 3 nitrogen and oxygen atoms in total. The van der Waals surface area contributed by atoms with E-state index in [9.17, 15) is 9.65 Å². The van der Waals surface area contributed by atoms with E-state index in [0.717, 1.165) is 18.5 Å². The maximum Gasteiger partial charge on any atom is 0.125 e. The van der Waals surface area contributed by atoms with Crippen LogP contribution < -0.4 is 10.6 Å². The van der Waals surface area contributed by atoms with Crippen LogP contribution in [0.5, 0.6) is 0 Å². The van der Waals surface area contributed by atoms with Crippen molar-refractivity contribution in [2.24, 2.45) is 11.7 Å². The molecular formula is C14H18FN3. The number of hydrogen-bond acceptors (Lipinski definition) is 3. The number of benzene rings is 1. The maximum absolute atomic E-state index is 13.2. The highest BCUT2D eigenvalue weighted by molar-refractivity contribution is 5.47. The summed E-state index contributed by atoms with van der Waals surface area (Å²) in [6.45, 7) is 3.14. The molecule has 1 aliphatic rings. The lowest BCUT2D eigenvalue weighted by atomic mass is 9.95. The number of rotatable bonds is 5. The Kier molecular flexibility index (Phi) is 3.53. The Hall–Kier alpha value is -1.60. The van der Waals surface area contributed by atoms with E-state index in [-0.39, 0.29) is 11.7 Å². The Morgan fingerprint density at radius 3 is 2.78 bits per heavy atom. The Balaban J connectivity index is 2.17. The Morgan fingerprint density at radius 1 is 1.56 bits per heavy atom. The van der Waals surface area contributed by atoms with Gasteiger partial charge in [0.25, 0.3) is 0 Å². The average Bonchev–Trinajstić information content (AvgIpc) is 3.20. The number of nitriles is 1. The zero-order chi connectivity index (χ0) is 13.2. The molecule has 0 amide bonds. The average molecular weight is 247 g/mol. The first-order valence-electron chi connectivity index (χ1n) is 6.29. The summed E-state index contributed by atoms with van der Waals surface area (Å²) >= 11 is 0. The molecule has 18 heavy (non-hydrogen) atoms. The molecule has 1 aromatic rings. The molecule has 1 fully saturated rings. The van der Waals surface area contributed by atoms with Gasteiger partial charge in [-0.25, -0.2) is 4.39 Å². The molecule has 0 bridgehead atoms. The van der Waals surface area contributed by atoms with Crippen LogP contribution in [0, 0.1) is 23.1 Å². The molecule has 0 aliphatic heterocycles. The normalized spacial score (nSPS) is 17.9. The van der Waals surface area contributed by atoms with Gasteiger partial charge in [0.2, 0.25) is 0 Å². The van der Waals surface area contributed by atoms with E-state index in [0.29, 0.717) is 13.1 Å². The minimum absolute atomic E-state index is 0.267. The van der Waals surface area contributed by atoms with Gasteiger partial charge in [0.15, 0.2) is 0 Å². The van der Waals surface area contributed by atoms with Crippen molar-refractivity contribution in [1.29, 1.82) is 5.26 Å². The van der Waals surface area contributed by atoms with Gasteiger partial charge in [-0.1, -0.05) is 6.07 Å². The summed E-state index contributed by atoms with van der Waals surface area (Å²) < 4.78 is 13.2. The molecule has 4 heteroatoms. The number of halogens is 1. The van der Waals surface area contributed by atoms with Gasteiger partial charge in [-0.15, -0.1) is 0 Å². The molecule has 0 aromatic heterocycles. The van der Waals surface area contributed by atoms with Crippen molar-refractivity contribution in [1.82, 2.24) is 0 Å². The summed E-state index contributed by atoms with van der Waals surface area (Å²) in [5.41, 5.74) is 6.12. The Bertz CT molecular complexity index is 464. The van der Waals surface area contributed by atoms with Crippen LogP contribution >= 0.6 is 0 Å². The molecule has 2 N–H and O–H groups in total. The van der Waals surface area contributed by atoms with Crippen molar-refractivity contribution >= 4 is 5.69 Å². The molecule has 1 aromatic carbocycles. The summed E-state index contributed by atoms with van der Waals surface area (Å²) in [6, 6.07) is 8.65. The fraction of sp³-hybridized carbons (Fsp3) is 0.500. The smallest absolute Gasteiger partial charge is 0.125 e. The monoisotopic (exact) mass is 247 g/mol. The SMILES string of the molecule is CCN(CC(N)(C#N)C1CC1)c1cccc(F)c1. The molecule has 1 unspecified atom stereocenters. The van der Waals surface area contributed by atoms with Crippen LogP contribution in [0.25, 0.3) is 0 Å². The second-order valence-electron chi connectivity index (χ2n) is 4.92. The zero-order valence-electron chi connectivity index (χ0n) is 10.6. The molecule has 0 radical (unpaired) electrons. The first-order chi connectivity index (χ1) is 8.59. The van der Waals surface area contributed by atoms with Crippen LogP contribution in [0.3, 0.4) is 0 Å². The van der Waals surface area contributed by atoms with Crippen LogP contribution in [0.4, 0.5) is 10.1 Å². The largest absolute Gasteiger partial charge is 0.369 e. The van der Waals surface area contributed by atoms with Crippen molar-refractivity contribution in [3.05, 3.63) is 30.1 Å². The quantitative estimate of drug-likeness (QED) is 0.868. The summed E-state index contributed by atoms with van der Waals surface area (Å²) in [5, 5.41) is 9.27. The summed E-state index contributed by atoms with van der Waals surface area (Å²) in [4.78, 5) is 1.96. The second-order valence-corrected chi connectivity index (χ2v) is 4.92. The topological polar surface area (TPSA) is 53.0 Å². The van der Waals surface area contributed by atoms with Gasteiger partial charge in [0.05, 0.1) is 6.07 Å². The van der Waals surface area contributed by atoms with Crippen LogP contribution in [0.1, 0.15) is 19.8 Å². The van der Waals surface area contributed by atoms with Gasteiger partial charge in [-0.2, -0.15) is 5.26 Å². The van der Waals surface area contributed by atoms with Crippen LogP contribution in [0.15, 0.2) is 24.3 Å². The van der Waals surface area contributed by atoms with E-state index in [4.69, 9.17) is 5.73 Å². The molecular weight excluding hydrogens is 229 g/mol. The van der Waals surface area contributed by atoms with E-state index >= 15 is 0 Å². The minimum Gasteiger partial charge on any atom is -0.369 e. The number of nitrogens with two attached hydrogens (primary N) is 1. The van der Waals surface area contributed by atoms with E-state index in [2.05, 4.69) is 6.07 Å². The molecule has 1 aliphatic carbocycles. The number of anilines is 1. The molecule has 0 heterocycles. The Morgan fingerprint density at radius 2 is 2.28 bits per heavy atom. The van der Waals surface area contributed by atoms with E-state index in [1.54, 1.807) is 6.07 Å². The zero-order valence-corrected chi connectivity index (χ0v) is 10.6. The summed E-state index contributed by atoms with van der Waals surface area (Å²) in [7, 11) is 0. The number of nitrogens with zero attached hydrogens (tertiary/aromatic N) is 2. The predicted octanol–water partition coefficient (Wildman–Crippen LogP) is 2.28. The van der Waals surface area contributed by atoms with Crippen LogP contribution in [-0.2, 0) is 0 Å². The molecule has 2 rings (SSSR count). The third-order valence-electron chi connectivity index (χ3n) is 3.52. The highest BCUT2D eigenvalue weighted by Crippen LogP contribution is 2.38. The lowest BCUT2D eigenvalue weighted by Gasteiger charge is -2.31. The lowest BCUT2D eigenvalue weighted by molar-refractivity contribution is 0.469. The molecule has 1 atom stereocenters. The summed E-state index contributed by atoms with van der Waals surface area (Å²) in [5.74, 6) is 0.0158. The first-order valence-corrected chi connectivity index (χ1v) is 6.29. The van der Waals surface area contributed by atoms with Gasteiger partial charge in [0, 0.05) is 18.8 Å². The van der Waals surface area contributed by atoms with Crippen molar-refractivity contribution in [2.45, 2.75) is 25.3 Å². The molecule has 0 spiro atoms. The van der Waals surface area contributed by atoms with Crippen molar-refractivity contribution < 1.29 is 4.39 Å². The van der Waals surface area contributed by atoms with E-state index in [1.807, 2.05) is 17.9 Å². The standard InChI is InChI=1S/C14H18FN3/c1-2-18(13-5-3-4-12(15)8-13)10-14(17,9-16)11-6-7-11/h3-5,8,11H,2,6-7,10,17H2,1H3. The van der Waals surface area contributed by atoms with Crippen molar-refractivity contribution in [3.8, 4) is 6.07 Å². The highest BCUT2D eigenvalue weighted by Gasteiger charge is 2.43. The Labute approximate surface area is 107 Å². The molecule has 96 valence electrons. The predicted molar refractivity (Wildman–Crippen MR) is 69.5 cm³/mol. The molecule has 0 saturated heterocycles. The third kappa shape index (κ3) is 2.62. The third-order valence-corrected chi connectivity index (χ3v) is 3.52. The van der Waals surface area contributed by atoms with E-state index in [1.165, 1.54) is 12.1 Å². The highest BCUT2D eigenvalue weighted by atomic mass is 19.1. The first kappa shape index (κ1) is 12.8. The van der Waals surface area contributed by atoms with Crippen molar-refractivity contribution in [3.63, 3.8) is 0 Å². The number of likely N-dealkylation sites (N-methyl/N-ethyl adjacent to an activating group) is 1. The van der Waals surface area contributed by atoms with Gasteiger partial charge in [0.1, 0.15) is 11.4 Å². The minimum atomic E-state index is -0.817. The van der Waals surface area contributed by atoms with Gasteiger partial charge >= 0.3 is 0 Å². The van der Waals surface area contributed by atoms with Gasteiger partial charge < -0.3 is 10.6 Å². The van der Waals surface area contributed by atoms with E-state index < -0.39 is 5.54 Å².